The van der Waals surface area contributed by atoms with E-state index in [0.29, 0.717) is 38.5 Å². The van der Waals surface area contributed by atoms with Crippen molar-refractivity contribution in [2.24, 2.45) is 16.8 Å². The Labute approximate surface area is 170 Å². The van der Waals surface area contributed by atoms with Crippen LogP contribution >= 0.6 is 11.6 Å². The van der Waals surface area contributed by atoms with Gasteiger partial charge in [0.1, 0.15) is 6.17 Å². The van der Waals surface area contributed by atoms with Gasteiger partial charge in [-0.05, 0) is 49.3 Å². The minimum atomic E-state index is -0.166. The maximum absolute atomic E-state index is 12.7. The molecule has 0 saturated carbocycles. The molecule has 3 heterocycles. The number of benzene rings is 1. The number of carbonyl (C=O) groups is 2. The van der Waals surface area contributed by atoms with Crippen LogP contribution in [0.5, 0.6) is 0 Å². The summed E-state index contributed by atoms with van der Waals surface area (Å²) in [6.45, 7) is 1.66. The van der Waals surface area contributed by atoms with Gasteiger partial charge in [0.05, 0.1) is 25.2 Å². The van der Waals surface area contributed by atoms with Gasteiger partial charge in [0.25, 0.3) is 0 Å². The zero-order chi connectivity index (χ0) is 19.5. The molecule has 1 aromatic carbocycles. The van der Waals surface area contributed by atoms with Crippen molar-refractivity contribution in [2.75, 3.05) is 19.8 Å². The first-order chi connectivity index (χ1) is 13.6. The minimum absolute atomic E-state index is 0.00758. The lowest BCUT2D eigenvalue weighted by Gasteiger charge is -2.41. The van der Waals surface area contributed by atoms with E-state index < -0.39 is 0 Å². The Kier molecular flexibility index (Phi) is 5.97. The van der Waals surface area contributed by atoms with Gasteiger partial charge in [-0.2, -0.15) is 0 Å². The molecule has 0 aliphatic carbocycles. The molecule has 1 aromatic rings. The molecule has 2 amide bonds. The molecule has 150 valence electrons. The monoisotopic (exact) mass is 403 g/mol. The fraction of sp³-hybridized carbons (Fsp3) is 0.571. The Balaban J connectivity index is 1.27. The molecule has 7 heteroatoms. The van der Waals surface area contributed by atoms with Crippen molar-refractivity contribution in [1.82, 2.24) is 10.2 Å². The van der Waals surface area contributed by atoms with E-state index in [4.69, 9.17) is 16.3 Å². The van der Waals surface area contributed by atoms with E-state index in [9.17, 15) is 9.59 Å². The molecule has 0 aromatic heterocycles. The third-order valence-corrected chi connectivity index (χ3v) is 6.09. The molecule has 3 unspecified atom stereocenters. The standard InChI is InChI=1S/C21H26ClN3O3/c22-17-3-1-2-14(9-17)8-15-4-6-19(23-10-15)24-21(27)16-5-7-20(26)25(11-16)18-12-28-13-18/h1-3,9-10,15-16,18-19H,4-8,11-13H2,(H,24,27). The number of ether oxygens (including phenoxy) is 1. The van der Waals surface area contributed by atoms with Crippen molar-refractivity contribution in [1.29, 1.82) is 0 Å². The molecule has 2 fully saturated rings. The van der Waals surface area contributed by atoms with Crippen LogP contribution in [0.1, 0.15) is 31.2 Å². The Morgan fingerprint density at radius 2 is 2.14 bits per heavy atom. The number of amides is 2. The molecule has 28 heavy (non-hydrogen) atoms. The smallest absolute Gasteiger partial charge is 0.226 e. The van der Waals surface area contributed by atoms with Gasteiger partial charge in [-0.25, -0.2) is 0 Å². The normalized spacial score (nSPS) is 28.1. The molecule has 4 rings (SSSR count). The summed E-state index contributed by atoms with van der Waals surface area (Å²) < 4.78 is 5.19. The number of carbonyl (C=O) groups excluding carboxylic acids is 2. The highest BCUT2D eigenvalue weighted by molar-refractivity contribution is 6.30. The summed E-state index contributed by atoms with van der Waals surface area (Å²) in [7, 11) is 0. The van der Waals surface area contributed by atoms with Gasteiger partial charge in [-0.1, -0.05) is 23.7 Å². The molecule has 0 bridgehead atoms. The van der Waals surface area contributed by atoms with Gasteiger partial charge in [-0.3, -0.25) is 14.6 Å². The van der Waals surface area contributed by atoms with E-state index >= 15 is 0 Å². The number of likely N-dealkylation sites (tertiary alicyclic amines) is 1. The largest absolute Gasteiger partial charge is 0.377 e. The van der Waals surface area contributed by atoms with Crippen LogP contribution in [0, 0.1) is 11.8 Å². The quantitative estimate of drug-likeness (QED) is 0.820. The maximum Gasteiger partial charge on any atom is 0.226 e. The predicted molar refractivity (Wildman–Crippen MR) is 107 cm³/mol. The highest BCUT2D eigenvalue weighted by Crippen LogP contribution is 2.24. The average molecular weight is 404 g/mol. The maximum atomic E-state index is 12.7. The van der Waals surface area contributed by atoms with Crippen molar-refractivity contribution >= 4 is 29.6 Å². The molecule has 2 saturated heterocycles. The summed E-state index contributed by atoms with van der Waals surface area (Å²) in [6.07, 6.45) is 5.58. The first-order valence-corrected chi connectivity index (χ1v) is 10.4. The van der Waals surface area contributed by atoms with Crippen LogP contribution in [0.4, 0.5) is 0 Å². The van der Waals surface area contributed by atoms with E-state index in [0.717, 1.165) is 24.3 Å². The Morgan fingerprint density at radius 1 is 1.29 bits per heavy atom. The van der Waals surface area contributed by atoms with Crippen LogP contribution in [0.2, 0.25) is 5.02 Å². The SMILES string of the molecule is O=C(NC1CCC(Cc2cccc(Cl)c2)C=N1)C1CCC(=O)N(C2COC2)C1. The summed E-state index contributed by atoms with van der Waals surface area (Å²) in [5.74, 6) is 0.357. The zero-order valence-corrected chi connectivity index (χ0v) is 16.6. The van der Waals surface area contributed by atoms with Gasteiger partial charge >= 0.3 is 0 Å². The minimum Gasteiger partial charge on any atom is -0.377 e. The van der Waals surface area contributed by atoms with Gasteiger partial charge in [0, 0.05) is 24.2 Å². The van der Waals surface area contributed by atoms with Gasteiger partial charge in [-0.15, -0.1) is 0 Å². The van der Waals surface area contributed by atoms with Crippen LogP contribution in [0.25, 0.3) is 0 Å². The summed E-state index contributed by atoms with van der Waals surface area (Å²) in [4.78, 5) is 31.2. The van der Waals surface area contributed by atoms with Crippen molar-refractivity contribution in [2.45, 2.75) is 44.3 Å². The molecule has 3 atom stereocenters. The summed E-state index contributed by atoms with van der Waals surface area (Å²) >= 11 is 6.06. The molecule has 0 radical (unpaired) electrons. The van der Waals surface area contributed by atoms with Crippen molar-refractivity contribution in [3.63, 3.8) is 0 Å². The number of nitrogens with zero attached hydrogens (tertiary/aromatic N) is 2. The zero-order valence-electron chi connectivity index (χ0n) is 15.9. The van der Waals surface area contributed by atoms with Crippen LogP contribution < -0.4 is 5.32 Å². The fourth-order valence-corrected chi connectivity index (χ4v) is 4.31. The number of rotatable bonds is 5. The first-order valence-electron chi connectivity index (χ1n) is 10.0. The predicted octanol–water partition coefficient (Wildman–Crippen LogP) is 2.44. The number of halogens is 1. The molecule has 0 spiro atoms. The van der Waals surface area contributed by atoms with Crippen LogP contribution in [0.15, 0.2) is 29.3 Å². The topological polar surface area (TPSA) is 71.0 Å². The van der Waals surface area contributed by atoms with Crippen molar-refractivity contribution in [3.8, 4) is 0 Å². The third-order valence-electron chi connectivity index (χ3n) is 5.86. The number of aliphatic imine (C=N–C) groups is 1. The molecule has 3 aliphatic rings. The number of hydrogen-bond donors (Lipinski definition) is 1. The van der Waals surface area contributed by atoms with Gasteiger partial charge in [0.2, 0.25) is 11.8 Å². The lowest BCUT2D eigenvalue weighted by molar-refractivity contribution is -0.152. The first kappa shape index (κ1) is 19.4. The summed E-state index contributed by atoms with van der Waals surface area (Å²) in [5, 5.41) is 3.82. The van der Waals surface area contributed by atoms with E-state index in [2.05, 4.69) is 16.4 Å². The van der Waals surface area contributed by atoms with E-state index in [1.54, 1.807) is 0 Å². The van der Waals surface area contributed by atoms with E-state index in [-0.39, 0.29) is 29.9 Å². The lowest BCUT2D eigenvalue weighted by atomic mass is 9.92. The number of hydrogen-bond acceptors (Lipinski definition) is 4. The highest BCUT2D eigenvalue weighted by Gasteiger charge is 2.37. The molecule has 3 aliphatic heterocycles. The molecule has 1 N–H and O–H groups in total. The molecular weight excluding hydrogens is 378 g/mol. The second-order valence-electron chi connectivity index (χ2n) is 7.97. The fourth-order valence-electron chi connectivity index (χ4n) is 4.10. The van der Waals surface area contributed by atoms with Crippen molar-refractivity contribution < 1.29 is 14.3 Å². The van der Waals surface area contributed by atoms with E-state index in [1.165, 1.54) is 5.56 Å². The summed E-state index contributed by atoms with van der Waals surface area (Å²) in [6, 6.07) is 8.06. The average Bonchev–Trinajstić information content (AvgIpc) is 2.64. The van der Waals surface area contributed by atoms with E-state index in [1.807, 2.05) is 29.3 Å². The second kappa shape index (κ2) is 8.62. The molecule has 6 nitrogen and oxygen atoms in total. The Morgan fingerprint density at radius 3 is 2.82 bits per heavy atom. The number of nitrogens with one attached hydrogen (secondary N) is 1. The highest BCUT2D eigenvalue weighted by atomic mass is 35.5. The number of piperidine rings is 1. The Bertz CT molecular complexity index is 765. The van der Waals surface area contributed by atoms with Gasteiger partial charge < -0.3 is 15.0 Å². The summed E-state index contributed by atoms with van der Waals surface area (Å²) in [5.41, 5.74) is 1.21. The Hall–Kier alpha value is -1.92. The van der Waals surface area contributed by atoms with Crippen LogP contribution in [-0.4, -0.2) is 54.9 Å². The van der Waals surface area contributed by atoms with Crippen LogP contribution in [-0.2, 0) is 20.7 Å². The van der Waals surface area contributed by atoms with Crippen molar-refractivity contribution in [3.05, 3.63) is 34.9 Å². The van der Waals surface area contributed by atoms with Crippen LogP contribution in [0.3, 0.4) is 0 Å². The van der Waals surface area contributed by atoms with Gasteiger partial charge in [0.15, 0.2) is 0 Å². The lowest BCUT2D eigenvalue weighted by Crippen LogP contribution is -2.57. The third kappa shape index (κ3) is 4.55. The second-order valence-corrected chi connectivity index (χ2v) is 8.40. The molecular formula is C21H26ClN3O3.